The second kappa shape index (κ2) is 17.7. The molecule has 1 aromatic carbocycles. The Balaban J connectivity index is 0.00000450. The molecule has 2 rings (SSSR count). The lowest BCUT2D eigenvalue weighted by Crippen LogP contribution is -2.38. The van der Waals surface area contributed by atoms with E-state index in [-0.39, 0.29) is 24.0 Å². The molecule has 0 saturated carbocycles. The number of aliphatic imine (C=N–C) groups is 1. The number of benzene rings is 1. The quantitative estimate of drug-likeness (QED) is 0.175. The van der Waals surface area contributed by atoms with Gasteiger partial charge in [0.05, 0.1) is 32.5 Å². The summed E-state index contributed by atoms with van der Waals surface area (Å²) >= 11 is 0. The van der Waals surface area contributed by atoms with Crippen molar-refractivity contribution in [3.05, 3.63) is 35.4 Å². The maximum atomic E-state index is 5.98. The Morgan fingerprint density at radius 1 is 1.07 bits per heavy atom. The average molecular weight is 535 g/mol. The number of halogens is 1. The molecule has 172 valence electrons. The number of guanidine groups is 1. The van der Waals surface area contributed by atoms with E-state index in [1.54, 1.807) is 7.11 Å². The molecule has 1 aromatic rings. The van der Waals surface area contributed by atoms with Crippen LogP contribution >= 0.6 is 24.0 Å². The molecule has 0 bridgehead atoms. The molecule has 1 fully saturated rings. The Bertz CT molecular complexity index is 566. The topological polar surface area (TPSA) is 73.3 Å². The predicted molar refractivity (Wildman–Crippen MR) is 131 cm³/mol. The molecule has 0 amide bonds. The first kappa shape index (κ1) is 27.1. The van der Waals surface area contributed by atoms with Crippen LogP contribution in [-0.2, 0) is 32.1 Å². The van der Waals surface area contributed by atoms with Crippen LogP contribution in [0.2, 0.25) is 0 Å². The summed E-state index contributed by atoms with van der Waals surface area (Å²) in [6, 6.07) is 8.50. The number of hydrogen-bond donors (Lipinski definition) is 2. The highest BCUT2D eigenvalue weighted by Crippen LogP contribution is 2.14. The summed E-state index contributed by atoms with van der Waals surface area (Å²) in [5.74, 6) is 0.830. The van der Waals surface area contributed by atoms with Crippen LogP contribution in [0, 0.1) is 0 Å². The van der Waals surface area contributed by atoms with Crippen molar-refractivity contribution < 1.29 is 18.9 Å². The average Bonchev–Trinajstić information content (AvgIpc) is 2.77. The van der Waals surface area contributed by atoms with E-state index in [0.717, 1.165) is 51.5 Å². The summed E-state index contributed by atoms with van der Waals surface area (Å²) in [4.78, 5) is 4.67. The second-order valence-electron chi connectivity index (χ2n) is 7.02. The SMILES string of the molecule is CCNC(=NCc1ccc(COC2CCOCC2)cc1)NCCCOCCOC.I. The first-order valence-electron chi connectivity index (χ1n) is 10.7. The number of nitrogens with one attached hydrogen (secondary N) is 2. The Morgan fingerprint density at radius 3 is 2.50 bits per heavy atom. The Kier molecular flexibility index (Phi) is 16.0. The van der Waals surface area contributed by atoms with Crippen molar-refractivity contribution >= 4 is 29.9 Å². The van der Waals surface area contributed by atoms with Gasteiger partial charge in [0.25, 0.3) is 0 Å². The molecular formula is C22H38IN3O4. The molecule has 0 aliphatic carbocycles. The van der Waals surface area contributed by atoms with Gasteiger partial charge in [-0.1, -0.05) is 24.3 Å². The molecule has 0 atom stereocenters. The fourth-order valence-electron chi connectivity index (χ4n) is 2.94. The number of rotatable bonds is 13. The second-order valence-corrected chi connectivity index (χ2v) is 7.02. The van der Waals surface area contributed by atoms with Gasteiger partial charge < -0.3 is 29.6 Å². The Morgan fingerprint density at radius 2 is 1.80 bits per heavy atom. The number of methoxy groups -OCH3 is 1. The summed E-state index contributed by atoms with van der Waals surface area (Å²) < 4.78 is 21.8. The van der Waals surface area contributed by atoms with Crippen LogP contribution in [0.1, 0.15) is 37.3 Å². The number of ether oxygens (including phenoxy) is 4. The van der Waals surface area contributed by atoms with Gasteiger partial charge in [-0.2, -0.15) is 0 Å². The van der Waals surface area contributed by atoms with E-state index in [9.17, 15) is 0 Å². The molecule has 1 aliphatic heterocycles. The van der Waals surface area contributed by atoms with Crippen molar-refractivity contribution in [3.8, 4) is 0 Å². The molecule has 30 heavy (non-hydrogen) atoms. The minimum atomic E-state index is 0. The Labute approximate surface area is 198 Å². The van der Waals surface area contributed by atoms with E-state index in [1.807, 2.05) is 0 Å². The molecule has 1 aliphatic rings. The molecule has 0 radical (unpaired) electrons. The first-order chi connectivity index (χ1) is 14.3. The predicted octanol–water partition coefficient (Wildman–Crippen LogP) is 3.11. The van der Waals surface area contributed by atoms with Gasteiger partial charge in [0.2, 0.25) is 0 Å². The third-order valence-electron chi connectivity index (χ3n) is 4.63. The highest BCUT2D eigenvalue weighted by Gasteiger charge is 2.13. The lowest BCUT2D eigenvalue weighted by atomic mass is 10.1. The molecule has 2 N–H and O–H groups in total. The van der Waals surface area contributed by atoms with Gasteiger partial charge in [-0.05, 0) is 37.3 Å². The van der Waals surface area contributed by atoms with Gasteiger partial charge in [-0.15, -0.1) is 24.0 Å². The van der Waals surface area contributed by atoms with Crippen molar-refractivity contribution in [1.29, 1.82) is 0 Å². The van der Waals surface area contributed by atoms with Crippen LogP contribution in [0.4, 0.5) is 0 Å². The number of nitrogens with zero attached hydrogens (tertiary/aromatic N) is 1. The zero-order chi connectivity index (χ0) is 20.6. The smallest absolute Gasteiger partial charge is 0.191 e. The molecule has 0 aromatic heterocycles. The Hall–Kier alpha value is -0.940. The maximum Gasteiger partial charge on any atom is 0.191 e. The highest BCUT2D eigenvalue weighted by atomic mass is 127. The van der Waals surface area contributed by atoms with E-state index in [0.29, 0.717) is 39.1 Å². The van der Waals surface area contributed by atoms with E-state index in [2.05, 4.69) is 46.8 Å². The fraction of sp³-hybridized carbons (Fsp3) is 0.682. The van der Waals surface area contributed by atoms with Crippen LogP contribution in [0.15, 0.2) is 29.3 Å². The molecular weight excluding hydrogens is 497 g/mol. The van der Waals surface area contributed by atoms with E-state index >= 15 is 0 Å². The van der Waals surface area contributed by atoms with Gasteiger partial charge in [0, 0.05) is 40.0 Å². The third kappa shape index (κ3) is 12.0. The maximum absolute atomic E-state index is 5.98. The summed E-state index contributed by atoms with van der Waals surface area (Å²) in [5.41, 5.74) is 2.38. The fourth-order valence-corrected chi connectivity index (χ4v) is 2.94. The molecule has 7 nitrogen and oxygen atoms in total. The molecule has 0 spiro atoms. The zero-order valence-corrected chi connectivity index (χ0v) is 20.7. The highest BCUT2D eigenvalue weighted by molar-refractivity contribution is 14.0. The minimum absolute atomic E-state index is 0. The van der Waals surface area contributed by atoms with Crippen LogP contribution in [0.3, 0.4) is 0 Å². The van der Waals surface area contributed by atoms with E-state index in [1.165, 1.54) is 11.1 Å². The molecule has 8 heteroatoms. The van der Waals surface area contributed by atoms with Crippen molar-refractivity contribution in [2.75, 3.05) is 53.2 Å². The normalized spacial score (nSPS) is 14.9. The monoisotopic (exact) mass is 535 g/mol. The van der Waals surface area contributed by atoms with Gasteiger partial charge in [0.15, 0.2) is 5.96 Å². The van der Waals surface area contributed by atoms with Crippen LogP contribution < -0.4 is 10.6 Å². The van der Waals surface area contributed by atoms with Gasteiger partial charge >= 0.3 is 0 Å². The summed E-state index contributed by atoms with van der Waals surface area (Å²) in [5, 5.41) is 6.63. The van der Waals surface area contributed by atoms with Crippen molar-refractivity contribution in [2.24, 2.45) is 4.99 Å². The zero-order valence-electron chi connectivity index (χ0n) is 18.4. The van der Waals surface area contributed by atoms with Crippen LogP contribution in [0.5, 0.6) is 0 Å². The lowest BCUT2D eigenvalue weighted by molar-refractivity contribution is -0.0390. The van der Waals surface area contributed by atoms with Crippen molar-refractivity contribution in [3.63, 3.8) is 0 Å². The van der Waals surface area contributed by atoms with Crippen molar-refractivity contribution in [2.45, 2.75) is 45.4 Å². The lowest BCUT2D eigenvalue weighted by Gasteiger charge is -2.22. The van der Waals surface area contributed by atoms with Crippen LogP contribution in [0.25, 0.3) is 0 Å². The summed E-state index contributed by atoms with van der Waals surface area (Å²) in [6.45, 7) is 8.63. The number of hydrogen-bond acceptors (Lipinski definition) is 5. The van der Waals surface area contributed by atoms with E-state index in [4.69, 9.17) is 18.9 Å². The summed E-state index contributed by atoms with van der Waals surface area (Å²) in [7, 11) is 1.68. The third-order valence-corrected chi connectivity index (χ3v) is 4.63. The van der Waals surface area contributed by atoms with Gasteiger partial charge in [-0.3, -0.25) is 0 Å². The molecule has 1 heterocycles. The largest absolute Gasteiger partial charge is 0.382 e. The minimum Gasteiger partial charge on any atom is -0.382 e. The first-order valence-corrected chi connectivity index (χ1v) is 10.7. The summed E-state index contributed by atoms with van der Waals surface area (Å²) in [6.07, 6.45) is 3.24. The van der Waals surface area contributed by atoms with Gasteiger partial charge in [-0.25, -0.2) is 4.99 Å². The molecule has 0 unspecified atom stereocenters. The molecule has 1 saturated heterocycles. The van der Waals surface area contributed by atoms with E-state index < -0.39 is 0 Å². The van der Waals surface area contributed by atoms with Gasteiger partial charge in [0.1, 0.15) is 0 Å². The van der Waals surface area contributed by atoms with Crippen molar-refractivity contribution in [1.82, 2.24) is 10.6 Å². The van der Waals surface area contributed by atoms with Crippen LogP contribution in [-0.4, -0.2) is 65.3 Å². The standard InChI is InChI=1S/C22H37N3O4.HI/c1-3-23-22(24-11-4-12-27-16-15-26-2)25-17-19-5-7-20(8-6-19)18-29-21-9-13-28-14-10-21;/h5-8,21H,3-4,9-18H2,1-2H3,(H2,23,24,25);1H.